The third kappa shape index (κ3) is 2.28. The maximum atomic E-state index is 13.0. The molecule has 0 aliphatic carbocycles. The smallest absolute Gasteiger partial charge is 0.174 e. The number of ketones is 1. The Hall–Kier alpha value is -1.54. The van der Waals surface area contributed by atoms with Crippen molar-refractivity contribution < 1.29 is 14.0 Å². The van der Waals surface area contributed by atoms with Gasteiger partial charge < -0.3 is 0 Å². The van der Waals surface area contributed by atoms with Crippen molar-refractivity contribution in [3.63, 3.8) is 0 Å². The molecular weight excluding hydrogens is 265 g/mol. The fourth-order valence-corrected chi connectivity index (χ4v) is 1.44. The van der Waals surface area contributed by atoms with E-state index in [2.05, 4.69) is 15.9 Å². The Morgan fingerprint density at radius 2 is 2.27 bits per heavy atom. The zero-order valence-corrected chi connectivity index (χ0v) is 9.04. The minimum Gasteiger partial charge on any atom is -0.298 e. The van der Waals surface area contributed by atoms with Gasteiger partial charge in [-0.05, 0) is 12.1 Å². The molecule has 0 fully saturated rings. The van der Waals surface area contributed by atoms with Crippen molar-refractivity contribution in [1.29, 1.82) is 5.26 Å². The van der Waals surface area contributed by atoms with Crippen molar-refractivity contribution in [1.82, 2.24) is 0 Å². The van der Waals surface area contributed by atoms with Gasteiger partial charge in [0.15, 0.2) is 12.1 Å². The first kappa shape index (κ1) is 11.5. The van der Waals surface area contributed by atoms with E-state index in [1.807, 2.05) is 0 Å². The molecule has 5 heteroatoms. The molecule has 0 N–H and O–H groups in total. The molecule has 0 spiro atoms. The molecule has 1 aromatic carbocycles. The Morgan fingerprint density at radius 1 is 1.60 bits per heavy atom. The number of hydrogen-bond acceptors (Lipinski definition) is 3. The molecule has 76 valence electrons. The second-order valence-corrected chi connectivity index (χ2v) is 3.26. The molecule has 15 heavy (non-hydrogen) atoms. The van der Waals surface area contributed by atoms with Crippen molar-refractivity contribution >= 4 is 28.0 Å². The Labute approximate surface area is 93.6 Å². The minimum atomic E-state index is -0.707. The zero-order valence-electron chi connectivity index (χ0n) is 7.46. The summed E-state index contributed by atoms with van der Waals surface area (Å²) < 4.78 is 13.0. The average molecular weight is 270 g/mol. The van der Waals surface area contributed by atoms with Gasteiger partial charge in [0.25, 0.3) is 0 Å². The van der Waals surface area contributed by atoms with E-state index in [9.17, 15) is 14.0 Å². The van der Waals surface area contributed by atoms with E-state index in [4.69, 9.17) is 5.26 Å². The van der Waals surface area contributed by atoms with Gasteiger partial charge in [0, 0.05) is 11.1 Å². The summed E-state index contributed by atoms with van der Waals surface area (Å²) >= 11 is 2.92. The molecular formula is C10H5BrFNO2. The number of alkyl halides is 1. The molecule has 1 rings (SSSR count). The lowest BCUT2D eigenvalue weighted by Gasteiger charge is -2.03. The molecule has 0 unspecified atom stereocenters. The molecule has 0 aliphatic rings. The lowest BCUT2D eigenvalue weighted by molar-refractivity contribution is 0.101. The Morgan fingerprint density at radius 3 is 2.73 bits per heavy atom. The maximum absolute atomic E-state index is 13.0. The number of carbonyl (C=O) groups excluding carboxylic acids is 2. The van der Waals surface area contributed by atoms with Crippen LogP contribution in [0.1, 0.15) is 26.3 Å². The number of nitrogens with zero attached hydrogens (tertiary/aromatic N) is 1. The Kier molecular flexibility index (Phi) is 3.69. The largest absolute Gasteiger partial charge is 0.298 e. The van der Waals surface area contributed by atoms with E-state index in [1.54, 1.807) is 6.07 Å². The lowest BCUT2D eigenvalue weighted by Crippen LogP contribution is -2.07. The summed E-state index contributed by atoms with van der Waals surface area (Å²) in [7, 11) is 0. The SMILES string of the molecule is N#Cc1cc(F)cc(C(=O)CBr)c1C=O. The molecule has 0 atom stereocenters. The predicted octanol–water partition coefficient (Wildman–Crippen LogP) is 2.09. The van der Waals surface area contributed by atoms with Gasteiger partial charge in [-0.2, -0.15) is 5.26 Å². The number of hydrogen-bond donors (Lipinski definition) is 0. The van der Waals surface area contributed by atoms with Gasteiger partial charge >= 0.3 is 0 Å². The number of halogens is 2. The van der Waals surface area contributed by atoms with Crippen LogP contribution in [0, 0.1) is 17.1 Å². The highest BCUT2D eigenvalue weighted by Crippen LogP contribution is 2.16. The summed E-state index contributed by atoms with van der Waals surface area (Å²) in [6, 6.07) is 3.55. The first-order valence-electron chi connectivity index (χ1n) is 3.92. The monoisotopic (exact) mass is 269 g/mol. The topological polar surface area (TPSA) is 57.9 Å². The summed E-state index contributed by atoms with van der Waals surface area (Å²) in [4.78, 5) is 22.0. The van der Waals surface area contributed by atoms with Gasteiger partial charge in [0.05, 0.1) is 10.9 Å². The summed E-state index contributed by atoms with van der Waals surface area (Å²) in [5.74, 6) is -1.14. The fraction of sp³-hybridized carbons (Fsp3) is 0.100. The standard InChI is InChI=1S/C10H5BrFNO2/c11-3-10(15)8-2-7(12)1-6(4-13)9(8)5-14/h1-2,5H,3H2. The number of benzene rings is 1. The first-order valence-corrected chi connectivity index (χ1v) is 5.04. The van der Waals surface area contributed by atoms with Gasteiger partial charge in [0.2, 0.25) is 0 Å². The van der Waals surface area contributed by atoms with E-state index in [-0.39, 0.29) is 22.0 Å². The Balaban J connectivity index is 3.50. The third-order valence-electron chi connectivity index (χ3n) is 1.80. The van der Waals surface area contributed by atoms with Gasteiger partial charge in [-0.15, -0.1) is 0 Å². The molecule has 0 saturated heterocycles. The molecule has 0 aliphatic heterocycles. The van der Waals surface area contributed by atoms with Crippen LogP contribution in [0.4, 0.5) is 4.39 Å². The minimum absolute atomic E-state index is 0.0256. The van der Waals surface area contributed by atoms with Crippen LogP contribution in [-0.4, -0.2) is 17.4 Å². The fourth-order valence-electron chi connectivity index (χ4n) is 1.14. The maximum Gasteiger partial charge on any atom is 0.174 e. The van der Waals surface area contributed by atoms with Gasteiger partial charge in [-0.1, -0.05) is 15.9 Å². The first-order chi connectivity index (χ1) is 7.13. The van der Waals surface area contributed by atoms with E-state index >= 15 is 0 Å². The number of rotatable bonds is 3. The molecule has 0 amide bonds. The van der Waals surface area contributed by atoms with Crippen LogP contribution in [0.2, 0.25) is 0 Å². The van der Waals surface area contributed by atoms with E-state index in [0.29, 0.717) is 6.29 Å². The molecule has 0 saturated carbocycles. The summed E-state index contributed by atoms with van der Waals surface area (Å²) in [5, 5.41) is 8.63. The molecule has 3 nitrogen and oxygen atoms in total. The quantitative estimate of drug-likeness (QED) is 0.480. The highest BCUT2D eigenvalue weighted by molar-refractivity contribution is 9.09. The van der Waals surface area contributed by atoms with Crippen LogP contribution in [0.3, 0.4) is 0 Å². The van der Waals surface area contributed by atoms with E-state index in [1.165, 1.54) is 0 Å². The van der Waals surface area contributed by atoms with Gasteiger partial charge in [-0.3, -0.25) is 9.59 Å². The normalized spacial score (nSPS) is 9.40. The Bertz CT molecular complexity index is 465. The van der Waals surface area contributed by atoms with Gasteiger partial charge in [-0.25, -0.2) is 4.39 Å². The number of nitriles is 1. The van der Waals surface area contributed by atoms with E-state index < -0.39 is 11.6 Å². The van der Waals surface area contributed by atoms with Crippen LogP contribution in [0.25, 0.3) is 0 Å². The highest BCUT2D eigenvalue weighted by atomic mass is 79.9. The summed E-state index contributed by atoms with van der Waals surface area (Å²) in [5.41, 5.74) is -0.268. The average Bonchev–Trinajstić information content (AvgIpc) is 2.26. The van der Waals surface area contributed by atoms with Crippen LogP contribution < -0.4 is 0 Å². The van der Waals surface area contributed by atoms with Crippen LogP contribution in [-0.2, 0) is 0 Å². The van der Waals surface area contributed by atoms with Crippen LogP contribution in [0.5, 0.6) is 0 Å². The van der Waals surface area contributed by atoms with E-state index in [0.717, 1.165) is 12.1 Å². The lowest BCUT2D eigenvalue weighted by atomic mass is 10.00. The predicted molar refractivity (Wildman–Crippen MR) is 54.6 cm³/mol. The summed E-state index contributed by atoms with van der Waals surface area (Å²) in [6.07, 6.45) is 0.383. The highest BCUT2D eigenvalue weighted by Gasteiger charge is 2.15. The van der Waals surface area contributed by atoms with Crippen LogP contribution in [0.15, 0.2) is 12.1 Å². The number of aldehydes is 1. The molecule has 0 bridgehead atoms. The zero-order chi connectivity index (χ0) is 11.4. The van der Waals surface area contributed by atoms with Crippen molar-refractivity contribution in [3.8, 4) is 6.07 Å². The molecule has 0 radical (unpaired) electrons. The number of carbonyl (C=O) groups is 2. The van der Waals surface area contributed by atoms with Crippen molar-refractivity contribution in [2.45, 2.75) is 0 Å². The van der Waals surface area contributed by atoms with Crippen molar-refractivity contribution in [2.75, 3.05) is 5.33 Å². The molecule has 1 aromatic rings. The second-order valence-electron chi connectivity index (χ2n) is 2.70. The van der Waals surface area contributed by atoms with Crippen molar-refractivity contribution in [2.24, 2.45) is 0 Å². The summed E-state index contributed by atoms with van der Waals surface area (Å²) in [6.45, 7) is 0. The molecule has 0 heterocycles. The second kappa shape index (κ2) is 4.80. The number of Topliss-reactive ketones (excluding diaryl/α,β-unsaturated/α-hetero) is 1. The van der Waals surface area contributed by atoms with Gasteiger partial charge in [0.1, 0.15) is 11.9 Å². The van der Waals surface area contributed by atoms with Crippen LogP contribution >= 0.6 is 15.9 Å². The van der Waals surface area contributed by atoms with Crippen molar-refractivity contribution in [3.05, 3.63) is 34.6 Å². The molecule has 0 aromatic heterocycles. The third-order valence-corrected chi connectivity index (χ3v) is 2.31.